The lowest BCUT2D eigenvalue weighted by atomic mass is 9.81. The number of thiophene rings is 1. The number of carbonyl (C=O) groups excluding carboxylic acids is 2. The van der Waals surface area contributed by atoms with Crippen molar-refractivity contribution in [3.63, 3.8) is 0 Å². The average Bonchev–Trinajstić information content (AvgIpc) is 2.99. The van der Waals surface area contributed by atoms with Gasteiger partial charge in [0.25, 0.3) is 0 Å². The van der Waals surface area contributed by atoms with Crippen molar-refractivity contribution in [1.29, 1.82) is 0 Å². The van der Waals surface area contributed by atoms with Crippen LogP contribution in [0, 0.1) is 0 Å². The molecule has 1 aromatic carbocycles. The molecule has 1 amide bonds. The van der Waals surface area contributed by atoms with Crippen molar-refractivity contribution in [3.8, 4) is 0 Å². The van der Waals surface area contributed by atoms with Gasteiger partial charge in [-0.1, -0.05) is 18.2 Å². The summed E-state index contributed by atoms with van der Waals surface area (Å²) in [6.45, 7) is 10.6. The van der Waals surface area contributed by atoms with Crippen molar-refractivity contribution < 1.29 is 14.3 Å². The number of nitrogens with one attached hydrogen (secondary N) is 2. The highest BCUT2D eigenvalue weighted by Crippen LogP contribution is 2.45. The quantitative estimate of drug-likeness (QED) is 0.452. The van der Waals surface area contributed by atoms with Gasteiger partial charge in [-0.2, -0.15) is 0 Å². The van der Waals surface area contributed by atoms with Gasteiger partial charge in [-0.05, 0) is 58.7 Å². The minimum atomic E-state index is -0.363. The van der Waals surface area contributed by atoms with Gasteiger partial charge >= 0.3 is 5.97 Å². The lowest BCUT2D eigenvalue weighted by Crippen LogP contribution is -2.55. The van der Waals surface area contributed by atoms with E-state index >= 15 is 0 Å². The molecule has 0 spiro atoms. The Morgan fingerprint density at radius 1 is 1.20 bits per heavy atom. The second-order valence-electron chi connectivity index (χ2n) is 8.60. The maximum absolute atomic E-state index is 12.8. The van der Waals surface area contributed by atoms with Crippen LogP contribution < -0.4 is 10.6 Å². The van der Waals surface area contributed by atoms with Crippen LogP contribution in [0.15, 0.2) is 35.2 Å². The SMILES string of the molecule is CCOC(=O)c1c(NC(=O)CCSc2ccccc2)sc2c1CC(C)(C)NC2(C)C. The second kappa shape index (κ2) is 9.12. The molecule has 0 fully saturated rings. The first-order valence-electron chi connectivity index (χ1n) is 10.2. The molecule has 162 valence electrons. The third kappa shape index (κ3) is 5.25. The molecule has 0 aliphatic carbocycles. The Kier molecular flexibility index (Phi) is 6.95. The van der Waals surface area contributed by atoms with Crippen LogP contribution in [0.1, 0.15) is 61.8 Å². The van der Waals surface area contributed by atoms with Crippen molar-refractivity contribution >= 4 is 40.0 Å². The molecule has 1 aliphatic heterocycles. The van der Waals surface area contributed by atoms with Crippen LogP contribution in [0.4, 0.5) is 5.00 Å². The molecule has 0 radical (unpaired) electrons. The van der Waals surface area contributed by atoms with Crippen molar-refractivity contribution in [1.82, 2.24) is 5.32 Å². The molecule has 7 heteroatoms. The summed E-state index contributed by atoms with van der Waals surface area (Å²) in [5.74, 6) is 0.223. The van der Waals surface area contributed by atoms with E-state index in [1.54, 1.807) is 18.7 Å². The molecule has 0 saturated carbocycles. The van der Waals surface area contributed by atoms with Gasteiger partial charge < -0.3 is 15.4 Å². The van der Waals surface area contributed by atoms with Crippen LogP contribution in [-0.4, -0.2) is 29.8 Å². The Hall–Kier alpha value is -1.83. The monoisotopic (exact) mass is 446 g/mol. The Balaban J connectivity index is 1.81. The number of anilines is 1. The lowest BCUT2D eigenvalue weighted by molar-refractivity contribution is -0.115. The maximum Gasteiger partial charge on any atom is 0.341 e. The normalized spacial score (nSPS) is 16.6. The van der Waals surface area contributed by atoms with Crippen LogP contribution in [0.5, 0.6) is 0 Å². The van der Waals surface area contributed by atoms with Gasteiger partial charge in [0.15, 0.2) is 0 Å². The van der Waals surface area contributed by atoms with Gasteiger partial charge in [-0.15, -0.1) is 23.1 Å². The molecule has 3 rings (SSSR count). The van der Waals surface area contributed by atoms with Crippen molar-refractivity contribution in [3.05, 3.63) is 46.3 Å². The predicted octanol–water partition coefficient (Wildman–Crippen LogP) is 5.21. The molecule has 1 aromatic heterocycles. The van der Waals surface area contributed by atoms with E-state index in [9.17, 15) is 9.59 Å². The van der Waals surface area contributed by atoms with Crippen LogP contribution in [0.25, 0.3) is 0 Å². The highest BCUT2D eigenvalue weighted by atomic mass is 32.2. The predicted molar refractivity (Wildman–Crippen MR) is 125 cm³/mol. The summed E-state index contributed by atoms with van der Waals surface area (Å²) in [7, 11) is 0. The molecule has 0 saturated heterocycles. The van der Waals surface area contributed by atoms with Crippen LogP contribution in [-0.2, 0) is 21.5 Å². The highest BCUT2D eigenvalue weighted by molar-refractivity contribution is 7.99. The molecule has 0 unspecified atom stereocenters. The molecule has 5 nitrogen and oxygen atoms in total. The number of fused-ring (bicyclic) bond motifs is 1. The fraction of sp³-hybridized carbons (Fsp3) is 0.478. The van der Waals surface area contributed by atoms with E-state index < -0.39 is 0 Å². The van der Waals surface area contributed by atoms with Gasteiger partial charge in [-0.3, -0.25) is 4.79 Å². The third-order valence-electron chi connectivity index (χ3n) is 4.92. The number of esters is 1. The number of benzene rings is 1. The van der Waals surface area contributed by atoms with Gasteiger partial charge in [0, 0.05) is 33.0 Å². The number of amides is 1. The van der Waals surface area contributed by atoms with Gasteiger partial charge in [0.1, 0.15) is 5.00 Å². The molecular formula is C23H30N2O3S2. The van der Waals surface area contributed by atoms with Crippen molar-refractivity contribution in [2.75, 3.05) is 17.7 Å². The zero-order chi connectivity index (χ0) is 21.9. The summed E-state index contributed by atoms with van der Waals surface area (Å²) in [5, 5.41) is 7.24. The molecular weight excluding hydrogens is 416 g/mol. The summed E-state index contributed by atoms with van der Waals surface area (Å²) in [6, 6.07) is 10.0. The number of ether oxygens (including phenoxy) is 1. The number of carbonyl (C=O) groups is 2. The van der Waals surface area contributed by atoms with Crippen LogP contribution in [0.2, 0.25) is 0 Å². The summed E-state index contributed by atoms with van der Waals surface area (Å²) in [6.07, 6.45) is 1.08. The number of thioether (sulfide) groups is 1. The van der Waals surface area contributed by atoms with Gasteiger partial charge in [-0.25, -0.2) is 4.79 Å². The molecule has 1 aliphatic rings. The summed E-state index contributed by atoms with van der Waals surface area (Å²) in [4.78, 5) is 27.7. The smallest absolute Gasteiger partial charge is 0.341 e. The van der Waals surface area contributed by atoms with E-state index in [0.717, 1.165) is 15.3 Å². The van der Waals surface area contributed by atoms with E-state index in [1.807, 2.05) is 30.3 Å². The standard InChI is InChI=1S/C23H30N2O3S2/c1-6-28-21(27)18-16-14-22(2,3)25-23(4,5)19(16)30-20(18)24-17(26)12-13-29-15-10-8-7-9-11-15/h7-11,25H,6,12-14H2,1-5H3,(H,24,26). The Morgan fingerprint density at radius 3 is 2.57 bits per heavy atom. The van der Waals surface area contributed by atoms with Crippen LogP contribution in [0.3, 0.4) is 0 Å². The van der Waals surface area contributed by atoms with Crippen LogP contribution >= 0.6 is 23.1 Å². The second-order valence-corrected chi connectivity index (χ2v) is 10.8. The van der Waals surface area contributed by atoms with Crippen molar-refractivity contribution in [2.45, 2.75) is 63.4 Å². The average molecular weight is 447 g/mol. The maximum atomic E-state index is 12.8. The first-order chi connectivity index (χ1) is 14.1. The number of hydrogen-bond donors (Lipinski definition) is 2. The van der Waals surface area contributed by atoms with E-state index in [1.165, 1.54) is 11.3 Å². The zero-order valence-electron chi connectivity index (χ0n) is 18.3. The van der Waals surface area contributed by atoms with E-state index in [-0.39, 0.29) is 23.0 Å². The largest absolute Gasteiger partial charge is 0.462 e. The van der Waals surface area contributed by atoms with E-state index in [0.29, 0.717) is 35.8 Å². The van der Waals surface area contributed by atoms with Gasteiger partial charge in [0.05, 0.1) is 12.2 Å². The Morgan fingerprint density at radius 2 is 1.90 bits per heavy atom. The number of rotatable bonds is 7. The summed E-state index contributed by atoms with van der Waals surface area (Å²) in [5.41, 5.74) is 1.05. The molecule has 2 N–H and O–H groups in total. The fourth-order valence-corrected chi connectivity index (χ4v) is 6.16. The Bertz CT molecular complexity index is 920. The third-order valence-corrected chi connectivity index (χ3v) is 7.40. The first-order valence-corrected chi connectivity index (χ1v) is 12.0. The van der Waals surface area contributed by atoms with Gasteiger partial charge in [0.2, 0.25) is 5.91 Å². The zero-order valence-corrected chi connectivity index (χ0v) is 19.9. The van der Waals surface area contributed by atoms with Crippen molar-refractivity contribution in [2.24, 2.45) is 0 Å². The molecule has 2 heterocycles. The number of hydrogen-bond acceptors (Lipinski definition) is 6. The Labute approximate surface area is 187 Å². The molecule has 0 atom stereocenters. The van der Waals surface area contributed by atoms with E-state index in [2.05, 4.69) is 38.3 Å². The summed E-state index contributed by atoms with van der Waals surface area (Å²) < 4.78 is 5.34. The fourth-order valence-electron chi connectivity index (χ4n) is 4.00. The minimum absolute atomic E-state index is 0.0902. The highest BCUT2D eigenvalue weighted by Gasteiger charge is 2.42. The molecule has 2 aromatic rings. The summed E-state index contributed by atoms with van der Waals surface area (Å²) >= 11 is 3.13. The minimum Gasteiger partial charge on any atom is -0.462 e. The van der Waals surface area contributed by atoms with E-state index in [4.69, 9.17) is 4.74 Å². The topological polar surface area (TPSA) is 67.4 Å². The lowest BCUT2D eigenvalue weighted by Gasteiger charge is -2.42. The first kappa shape index (κ1) is 22.8. The molecule has 30 heavy (non-hydrogen) atoms. The molecule has 0 bridgehead atoms.